The quantitative estimate of drug-likeness (QED) is 0.264. The first kappa shape index (κ1) is 18.3. The van der Waals surface area contributed by atoms with Gasteiger partial charge in [0, 0.05) is 16.6 Å². The fraction of sp³-hybridized carbons (Fsp3) is 0.0952. The van der Waals surface area contributed by atoms with Crippen molar-refractivity contribution in [1.82, 2.24) is 9.97 Å². The van der Waals surface area contributed by atoms with E-state index in [2.05, 4.69) is 9.97 Å². The molecule has 30 heavy (non-hydrogen) atoms. The van der Waals surface area contributed by atoms with Gasteiger partial charge in [-0.2, -0.15) is 11.3 Å². The molecule has 4 heterocycles. The van der Waals surface area contributed by atoms with E-state index in [1.807, 2.05) is 0 Å². The molecule has 0 bridgehead atoms. The van der Waals surface area contributed by atoms with E-state index in [1.54, 1.807) is 47.2 Å². The van der Waals surface area contributed by atoms with Crippen molar-refractivity contribution in [2.45, 2.75) is 12.6 Å². The van der Waals surface area contributed by atoms with Crippen LogP contribution >= 0.6 is 11.3 Å². The molecule has 0 saturated carbocycles. The Bertz CT molecular complexity index is 1300. The van der Waals surface area contributed by atoms with E-state index in [9.17, 15) is 19.8 Å². The molecule has 0 aliphatic carbocycles. The van der Waals surface area contributed by atoms with Crippen LogP contribution in [-0.4, -0.2) is 31.9 Å². The number of aliphatic hydroxyl groups is 2. The summed E-state index contributed by atoms with van der Waals surface area (Å²) in [6, 6.07) is 8.97. The van der Waals surface area contributed by atoms with Gasteiger partial charge in [0.05, 0.1) is 22.9 Å². The van der Waals surface area contributed by atoms with Crippen LogP contribution < -0.4 is 4.90 Å². The molecule has 9 heteroatoms. The number of aliphatic hydroxyl groups excluding tert-OH is 2. The third-order valence-corrected chi connectivity index (χ3v) is 5.71. The predicted molar refractivity (Wildman–Crippen MR) is 110 cm³/mol. The molecule has 3 N–H and O–H groups in total. The molecule has 1 aliphatic heterocycles. The van der Waals surface area contributed by atoms with Gasteiger partial charge in [0.15, 0.2) is 0 Å². The van der Waals surface area contributed by atoms with Gasteiger partial charge in [-0.05, 0) is 41.8 Å². The van der Waals surface area contributed by atoms with Crippen molar-refractivity contribution >= 4 is 45.5 Å². The molecule has 4 aromatic rings. The number of nitrogens with zero attached hydrogens (tertiary/aromatic N) is 2. The van der Waals surface area contributed by atoms with E-state index >= 15 is 0 Å². The van der Waals surface area contributed by atoms with Gasteiger partial charge in [0.25, 0.3) is 11.7 Å². The Labute approximate surface area is 173 Å². The molecule has 1 aromatic carbocycles. The number of hydrogen-bond donors (Lipinski definition) is 3. The number of ketones is 1. The van der Waals surface area contributed by atoms with Gasteiger partial charge in [-0.15, -0.1) is 0 Å². The van der Waals surface area contributed by atoms with E-state index in [-0.39, 0.29) is 29.5 Å². The first-order chi connectivity index (χ1) is 14.6. The predicted octanol–water partition coefficient (Wildman–Crippen LogP) is 3.34. The lowest BCUT2D eigenvalue weighted by Crippen LogP contribution is -2.29. The summed E-state index contributed by atoms with van der Waals surface area (Å²) in [6.07, 6.45) is 1.54. The minimum Gasteiger partial charge on any atom is -0.507 e. The number of furan rings is 1. The zero-order valence-electron chi connectivity index (χ0n) is 15.4. The molecule has 5 rings (SSSR count). The van der Waals surface area contributed by atoms with Gasteiger partial charge >= 0.3 is 0 Å². The lowest BCUT2D eigenvalue weighted by Gasteiger charge is -2.23. The van der Waals surface area contributed by atoms with Crippen molar-refractivity contribution in [2.75, 3.05) is 4.90 Å². The zero-order valence-corrected chi connectivity index (χ0v) is 16.2. The average molecular weight is 421 g/mol. The van der Waals surface area contributed by atoms with Crippen LogP contribution in [0.2, 0.25) is 0 Å². The van der Waals surface area contributed by atoms with E-state index < -0.39 is 17.7 Å². The number of rotatable bonds is 4. The van der Waals surface area contributed by atoms with E-state index in [1.165, 1.54) is 22.6 Å². The third-order valence-electron chi connectivity index (χ3n) is 5.03. The molecule has 1 aliphatic rings. The monoisotopic (exact) mass is 421 g/mol. The van der Waals surface area contributed by atoms with E-state index in [4.69, 9.17) is 4.42 Å². The fourth-order valence-electron chi connectivity index (χ4n) is 3.62. The van der Waals surface area contributed by atoms with Crippen LogP contribution in [0.1, 0.15) is 23.1 Å². The number of benzene rings is 1. The normalized spacial score (nSPS) is 18.6. The number of anilines is 1. The Balaban J connectivity index is 1.72. The molecule has 0 spiro atoms. The summed E-state index contributed by atoms with van der Waals surface area (Å²) in [5.41, 5.74) is 2.24. The molecule has 1 atom stereocenters. The number of nitrogens with one attached hydrogen (secondary N) is 1. The second kappa shape index (κ2) is 6.97. The summed E-state index contributed by atoms with van der Waals surface area (Å²) in [4.78, 5) is 34.5. The summed E-state index contributed by atoms with van der Waals surface area (Å²) >= 11 is 1.36. The fourth-order valence-corrected chi connectivity index (χ4v) is 4.26. The summed E-state index contributed by atoms with van der Waals surface area (Å²) in [5.74, 6) is -1.31. The molecule has 150 valence electrons. The van der Waals surface area contributed by atoms with Crippen LogP contribution in [-0.2, 0) is 16.2 Å². The second-order valence-corrected chi connectivity index (χ2v) is 7.53. The van der Waals surface area contributed by atoms with E-state index in [0.717, 1.165) is 0 Å². The largest absolute Gasteiger partial charge is 0.507 e. The van der Waals surface area contributed by atoms with Gasteiger partial charge in [0.2, 0.25) is 0 Å². The van der Waals surface area contributed by atoms with Crippen molar-refractivity contribution in [1.29, 1.82) is 0 Å². The van der Waals surface area contributed by atoms with Gasteiger partial charge in [-0.25, -0.2) is 4.98 Å². The molecule has 1 saturated heterocycles. The van der Waals surface area contributed by atoms with Crippen molar-refractivity contribution in [3.8, 4) is 0 Å². The van der Waals surface area contributed by atoms with Crippen LogP contribution in [0, 0.1) is 0 Å². The molecular formula is C21H15N3O5S. The van der Waals surface area contributed by atoms with Crippen LogP contribution in [0.3, 0.4) is 0 Å². The Morgan fingerprint density at radius 3 is 2.83 bits per heavy atom. The SMILES string of the molecule is O=C1C(=O)N(c2ccc3nc[nH]c3c2)C(c2ccc(CO)o2)/C1=C(\O)c1ccsc1. The summed E-state index contributed by atoms with van der Waals surface area (Å²) < 4.78 is 5.68. The van der Waals surface area contributed by atoms with E-state index in [0.29, 0.717) is 22.3 Å². The Hall–Kier alpha value is -3.69. The number of H-pyrrole nitrogens is 1. The van der Waals surface area contributed by atoms with Crippen LogP contribution in [0.15, 0.2) is 63.5 Å². The maximum atomic E-state index is 13.0. The number of aromatic amines is 1. The minimum atomic E-state index is -0.981. The number of Topliss-reactive ketones (excluding diaryl/α,β-unsaturated/α-hetero) is 1. The lowest BCUT2D eigenvalue weighted by molar-refractivity contribution is -0.132. The second-order valence-electron chi connectivity index (χ2n) is 6.75. The standard InChI is InChI=1S/C21H15N3O5S/c25-8-13-2-4-16(29-13)18-17(19(26)11-5-6-30-9-11)20(27)21(28)24(18)12-1-3-14-15(7-12)23-10-22-14/h1-7,9-10,18,25-26H,8H2,(H,22,23)/b19-17+. The molecule has 0 radical (unpaired) electrons. The van der Waals surface area contributed by atoms with Gasteiger partial charge in [-0.3, -0.25) is 14.5 Å². The molecule has 3 aromatic heterocycles. The van der Waals surface area contributed by atoms with Crippen molar-refractivity contribution < 1.29 is 24.2 Å². The van der Waals surface area contributed by atoms with Gasteiger partial charge in [-0.1, -0.05) is 0 Å². The molecule has 8 nitrogen and oxygen atoms in total. The number of amides is 1. The zero-order chi connectivity index (χ0) is 20.8. The lowest BCUT2D eigenvalue weighted by atomic mass is 10.0. The number of imidazole rings is 1. The number of carbonyl (C=O) groups excluding carboxylic acids is 2. The first-order valence-corrected chi connectivity index (χ1v) is 9.99. The highest BCUT2D eigenvalue weighted by Crippen LogP contribution is 2.43. The smallest absolute Gasteiger partial charge is 0.300 e. The maximum Gasteiger partial charge on any atom is 0.300 e. The number of hydrogen-bond acceptors (Lipinski definition) is 7. The molecule has 1 amide bonds. The van der Waals surface area contributed by atoms with Crippen LogP contribution in [0.25, 0.3) is 16.8 Å². The number of thiophene rings is 1. The van der Waals surface area contributed by atoms with Crippen LogP contribution in [0.4, 0.5) is 5.69 Å². The third kappa shape index (κ3) is 2.75. The summed E-state index contributed by atoms with van der Waals surface area (Å²) in [5, 5.41) is 23.7. The molecule has 1 unspecified atom stereocenters. The topological polar surface area (TPSA) is 120 Å². The van der Waals surface area contributed by atoms with Crippen LogP contribution in [0.5, 0.6) is 0 Å². The highest BCUT2D eigenvalue weighted by atomic mass is 32.1. The Kier molecular flexibility index (Phi) is 4.27. The van der Waals surface area contributed by atoms with Crippen molar-refractivity contribution in [3.63, 3.8) is 0 Å². The Morgan fingerprint density at radius 1 is 1.23 bits per heavy atom. The van der Waals surface area contributed by atoms with Crippen molar-refractivity contribution in [2.24, 2.45) is 0 Å². The minimum absolute atomic E-state index is 0.0676. The number of fused-ring (bicyclic) bond motifs is 1. The van der Waals surface area contributed by atoms with Gasteiger partial charge < -0.3 is 19.6 Å². The average Bonchev–Trinajstić information content (AvgIpc) is 3.54. The number of carbonyl (C=O) groups is 2. The molecule has 1 fully saturated rings. The molecular weight excluding hydrogens is 406 g/mol. The highest BCUT2D eigenvalue weighted by Gasteiger charge is 2.48. The van der Waals surface area contributed by atoms with Crippen molar-refractivity contribution in [3.05, 3.63) is 76.1 Å². The van der Waals surface area contributed by atoms with Gasteiger partial charge in [0.1, 0.15) is 29.9 Å². The summed E-state index contributed by atoms with van der Waals surface area (Å²) in [7, 11) is 0. The Morgan fingerprint density at radius 2 is 2.10 bits per heavy atom. The summed E-state index contributed by atoms with van der Waals surface area (Å²) in [6.45, 7) is -0.329. The number of aromatic nitrogens is 2. The first-order valence-electron chi connectivity index (χ1n) is 9.04. The highest BCUT2D eigenvalue weighted by molar-refractivity contribution is 7.08. The maximum absolute atomic E-state index is 13.0.